The van der Waals surface area contributed by atoms with Crippen LogP contribution in [0.3, 0.4) is 0 Å². The molecular weight excluding hydrogens is 360 g/mol. The van der Waals surface area contributed by atoms with Crippen LogP contribution >= 0.6 is 0 Å². The quantitative estimate of drug-likeness (QED) is 0.753. The molecule has 3 fully saturated rings. The van der Waals surface area contributed by atoms with E-state index < -0.39 is 0 Å². The van der Waals surface area contributed by atoms with E-state index in [1.807, 2.05) is 30.3 Å². The zero-order valence-corrected chi connectivity index (χ0v) is 17.2. The molecule has 2 heterocycles. The van der Waals surface area contributed by atoms with Crippen LogP contribution in [0.4, 0.5) is 0 Å². The number of fused-ring (bicyclic) bond motifs is 1. The van der Waals surface area contributed by atoms with E-state index in [-0.39, 0.29) is 11.9 Å². The number of carbonyl (C=O) groups is 1. The minimum Gasteiger partial charge on any atom is -0.497 e. The number of likely N-dealkylation sites (tertiary alicyclic amines) is 2. The van der Waals surface area contributed by atoms with Crippen LogP contribution in [0.1, 0.15) is 30.0 Å². The smallest absolute Gasteiger partial charge is 0.227 e. The first kappa shape index (κ1) is 18.7. The zero-order chi connectivity index (χ0) is 19.8. The van der Waals surface area contributed by atoms with Crippen LogP contribution in [-0.2, 0) is 11.2 Å². The minimum absolute atomic E-state index is 0.173. The average Bonchev–Trinajstić information content (AvgIpc) is 3.36. The van der Waals surface area contributed by atoms with Crippen molar-refractivity contribution in [2.24, 2.45) is 17.8 Å². The van der Waals surface area contributed by atoms with E-state index in [9.17, 15) is 4.79 Å². The largest absolute Gasteiger partial charge is 0.497 e. The van der Waals surface area contributed by atoms with E-state index in [0.717, 1.165) is 36.9 Å². The fourth-order valence-corrected chi connectivity index (χ4v) is 5.31. The Kier molecular flexibility index (Phi) is 5.04. The first-order valence-corrected chi connectivity index (χ1v) is 10.9. The monoisotopic (exact) mass is 390 g/mol. The summed E-state index contributed by atoms with van der Waals surface area (Å²) < 4.78 is 5.35. The number of methoxy groups -OCH3 is 1. The Hall–Kier alpha value is -2.33. The predicted octanol–water partition coefficient (Wildman–Crippen LogP) is 3.78. The molecule has 2 aromatic carbocycles. The number of carbonyl (C=O) groups excluding carboxylic acids is 1. The summed E-state index contributed by atoms with van der Waals surface area (Å²) in [6, 6.07) is 18.7. The van der Waals surface area contributed by atoms with Crippen molar-refractivity contribution >= 4 is 5.91 Å². The van der Waals surface area contributed by atoms with Crippen LogP contribution in [0.2, 0.25) is 0 Å². The van der Waals surface area contributed by atoms with Crippen LogP contribution in [0, 0.1) is 17.8 Å². The molecule has 152 valence electrons. The third-order valence-corrected chi connectivity index (χ3v) is 6.93. The molecule has 29 heavy (non-hydrogen) atoms. The fourth-order valence-electron chi connectivity index (χ4n) is 5.31. The van der Waals surface area contributed by atoms with Gasteiger partial charge in [0, 0.05) is 32.1 Å². The number of hydrogen-bond acceptors (Lipinski definition) is 3. The highest BCUT2D eigenvalue weighted by atomic mass is 16.5. The Morgan fingerprint density at radius 1 is 1.00 bits per heavy atom. The molecule has 2 aromatic rings. The first-order valence-electron chi connectivity index (χ1n) is 10.9. The Morgan fingerprint density at radius 2 is 1.76 bits per heavy atom. The van der Waals surface area contributed by atoms with Crippen molar-refractivity contribution in [3.05, 3.63) is 65.7 Å². The summed E-state index contributed by atoms with van der Waals surface area (Å²) in [4.78, 5) is 18.1. The Bertz CT molecular complexity index is 847. The minimum atomic E-state index is 0.173. The summed E-state index contributed by atoms with van der Waals surface area (Å²) in [7, 11) is 1.70. The van der Waals surface area contributed by atoms with Gasteiger partial charge in [-0.25, -0.2) is 0 Å². The van der Waals surface area contributed by atoms with Gasteiger partial charge in [-0.15, -0.1) is 0 Å². The fraction of sp³-hybridized carbons (Fsp3) is 0.480. The van der Waals surface area contributed by atoms with Crippen LogP contribution in [0.25, 0.3) is 0 Å². The molecule has 1 amide bonds. The SMILES string of the molecule is COc1ccc([C@H]2[C@H]3CN(CC4CC4)C[C@H]3CN2C(=O)Cc2ccccc2)cc1. The lowest BCUT2D eigenvalue weighted by atomic mass is 9.89. The number of amides is 1. The van der Waals surface area contributed by atoms with Gasteiger partial charge in [-0.3, -0.25) is 4.79 Å². The topological polar surface area (TPSA) is 32.8 Å². The van der Waals surface area contributed by atoms with Crippen LogP contribution in [0.5, 0.6) is 5.75 Å². The number of benzene rings is 2. The lowest BCUT2D eigenvalue weighted by Gasteiger charge is -2.30. The number of ether oxygens (including phenoxy) is 1. The van der Waals surface area contributed by atoms with Crippen LogP contribution < -0.4 is 4.74 Å². The molecule has 2 saturated heterocycles. The summed E-state index contributed by atoms with van der Waals surface area (Å²) in [6.45, 7) is 4.39. The van der Waals surface area contributed by atoms with Crippen molar-refractivity contribution < 1.29 is 9.53 Å². The first-order chi connectivity index (χ1) is 14.2. The molecule has 4 nitrogen and oxygen atoms in total. The highest BCUT2D eigenvalue weighted by molar-refractivity contribution is 5.79. The van der Waals surface area contributed by atoms with Crippen molar-refractivity contribution in [2.45, 2.75) is 25.3 Å². The van der Waals surface area contributed by atoms with Crippen LogP contribution in [0.15, 0.2) is 54.6 Å². The van der Waals surface area contributed by atoms with Gasteiger partial charge >= 0.3 is 0 Å². The number of hydrogen-bond donors (Lipinski definition) is 0. The molecule has 0 aromatic heterocycles. The van der Waals surface area contributed by atoms with Gasteiger partial charge in [0.05, 0.1) is 19.6 Å². The molecule has 3 aliphatic rings. The van der Waals surface area contributed by atoms with E-state index in [1.165, 1.54) is 24.9 Å². The van der Waals surface area contributed by atoms with Gasteiger partial charge in [0.15, 0.2) is 0 Å². The average molecular weight is 391 g/mol. The maximum Gasteiger partial charge on any atom is 0.227 e. The Balaban J connectivity index is 1.38. The van der Waals surface area contributed by atoms with Gasteiger partial charge in [-0.2, -0.15) is 0 Å². The molecule has 0 bridgehead atoms. The second kappa shape index (κ2) is 7.83. The second-order valence-electron chi connectivity index (χ2n) is 9.01. The molecule has 1 saturated carbocycles. The van der Waals surface area contributed by atoms with Crippen molar-refractivity contribution in [1.82, 2.24) is 9.80 Å². The summed E-state index contributed by atoms with van der Waals surface area (Å²) in [6.07, 6.45) is 3.28. The van der Waals surface area contributed by atoms with E-state index in [4.69, 9.17) is 4.74 Å². The van der Waals surface area contributed by atoms with E-state index in [0.29, 0.717) is 18.3 Å². The van der Waals surface area contributed by atoms with Crippen molar-refractivity contribution in [3.8, 4) is 5.75 Å². The molecule has 3 atom stereocenters. The molecule has 0 radical (unpaired) electrons. The molecule has 4 heteroatoms. The summed E-state index contributed by atoms with van der Waals surface area (Å²) in [5, 5.41) is 0. The summed E-state index contributed by atoms with van der Waals surface area (Å²) >= 11 is 0. The molecule has 1 aliphatic carbocycles. The summed E-state index contributed by atoms with van der Waals surface area (Å²) in [5.41, 5.74) is 2.34. The summed E-state index contributed by atoms with van der Waals surface area (Å²) in [5.74, 6) is 3.15. The molecule has 2 aliphatic heterocycles. The second-order valence-corrected chi connectivity index (χ2v) is 9.01. The van der Waals surface area contributed by atoms with Gasteiger partial charge < -0.3 is 14.5 Å². The maximum absolute atomic E-state index is 13.3. The highest BCUT2D eigenvalue weighted by Gasteiger charge is 2.49. The zero-order valence-electron chi connectivity index (χ0n) is 17.2. The third-order valence-electron chi connectivity index (χ3n) is 6.93. The van der Waals surface area contributed by atoms with Gasteiger partial charge in [0.25, 0.3) is 0 Å². The number of nitrogens with zero attached hydrogens (tertiary/aromatic N) is 2. The molecule has 0 N–H and O–H groups in total. The Labute approximate surface area is 173 Å². The molecule has 5 rings (SSSR count). The van der Waals surface area contributed by atoms with Gasteiger partial charge in [-0.05, 0) is 47.9 Å². The predicted molar refractivity (Wildman–Crippen MR) is 114 cm³/mol. The normalized spacial score (nSPS) is 26.5. The molecular formula is C25H30N2O2. The number of rotatable bonds is 6. The van der Waals surface area contributed by atoms with Crippen molar-refractivity contribution in [3.63, 3.8) is 0 Å². The third kappa shape index (κ3) is 3.91. The van der Waals surface area contributed by atoms with E-state index in [2.05, 4.69) is 34.1 Å². The van der Waals surface area contributed by atoms with Crippen molar-refractivity contribution in [2.75, 3.05) is 33.3 Å². The maximum atomic E-state index is 13.3. The van der Waals surface area contributed by atoms with Gasteiger partial charge in [-0.1, -0.05) is 42.5 Å². The van der Waals surface area contributed by atoms with Gasteiger partial charge in [0.2, 0.25) is 5.91 Å². The van der Waals surface area contributed by atoms with Crippen LogP contribution in [-0.4, -0.2) is 49.0 Å². The Morgan fingerprint density at radius 3 is 2.45 bits per heavy atom. The molecule has 0 spiro atoms. The van der Waals surface area contributed by atoms with E-state index in [1.54, 1.807) is 7.11 Å². The van der Waals surface area contributed by atoms with Gasteiger partial charge in [0.1, 0.15) is 5.75 Å². The molecule has 0 unspecified atom stereocenters. The lowest BCUT2D eigenvalue weighted by molar-refractivity contribution is -0.132. The van der Waals surface area contributed by atoms with E-state index >= 15 is 0 Å². The highest BCUT2D eigenvalue weighted by Crippen LogP contribution is 2.46. The van der Waals surface area contributed by atoms with Crippen molar-refractivity contribution in [1.29, 1.82) is 0 Å². The lowest BCUT2D eigenvalue weighted by Crippen LogP contribution is -2.37. The standard InChI is InChI=1S/C25H30N2O2/c1-29-22-11-9-20(10-12-22)25-23-17-26(14-19-7-8-19)15-21(23)16-27(25)24(28)13-18-5-3-2-4-6-18/h2-6,9-12,19,21,23,25H,7-8,13-17H2,1H3/t21-,23-,25-/m0/s1.